The Hall–Kier alpha value is -2.80. The van der Waals surface area contributed by atoms with Gasteiger partial charge in [-0.2, -0.15) is 0 Å². The number of aryl methyl sites for hydroxylation is 1. The van der Waals surface area contributed by atoms with Crippen molar-refractivity contribution >= 4 is 38.5 Å². The van der Waals surface area contributed by atoms with Gasteiger partial charge < -0.3 is 10.6 Å². The highest BCUT2D eigenvalue weighted by atomic mass is 32.1. The highest BCUT2D eigenvalue weighted by Crippen LogP contribution is 2.26. The Morgan fingerprint density at radius 3 is 2.63 bits per heavy atom. The van der Waals surface area contributed by atoms with Gasteiger partial charge in [-0.05, 0) is 43.2 Å². The van der Waals surface area contributed by atoms with Gasteiger partial charge in [-0.25, -0.2) is 9.37 Å². The van der Waals surface area contributed by atoms with Crippen LogP contribution in [0.4, 0.5) is 9.52 Å². The Balaban J connectivity index is 1.75. The van der Waals surface area contributed by atoms with Crippen molar-refractivity contribution in [1.29, 1.82) is 0 Å². The molecule has 0 radical (unpaired) electrons. The molecule has 0 spiro atoms. The molecule has 1 unspecified atom stereocenters. The second-order valence-electron chi connectivity index (χ2n) is 6.68. The van der Waals surface area contributed by atoms with Gasteiger partial charge >= 0.3 is 0 Å². The lowest BCUT2D eigenvalue weighted by Gasteiger charge is -2.21. The maximum absolute atomic E-state index is 13.3. The van der Waals surface area contributed by atoms with Crippen molar-refractivity contribution in [3.8, 4) is 0 Å². The molecule has 0 fully saturated rings. The topological polar surface area (TPSA) is 71.1 Å². The number of rotatable bonds is 5. The zero-order chi connectivity index (χ0) is 19.6. The molecule has 5 nitrogen and oxygen atoms in total. The molecule has 0 saturated carbocycles. The SMILES string of the molecule is Cc1cccc(C(=O)NC(C(=O)Nc2nc3ccc(F)cc3s2)C(C)C)c1. The summed E-state index contributed by atoms with van der Waals surface area (Å²) in [4.78, 5) is 29.5. The molecule has 2 aromatic carbocycles. The minimum absolute atomic E-state index is 0.120. The summed E-state index contributed by atoms with van der Waals surface area (Å²) in [5.74, 6) is -1.13. The van der Waals surface area contributed by atoms with Crippen molar-refractivity contribution in [3.05, 3.63) is 59.4 Å². The second kappa shape index (κ2) is 7.84. The summed E-state index contributed by atoms with van der Waals surface area (Å²) in [5, 5.41) is 5.89. The van der Waals surface area contributed by atoms with Gasteiger partial charge in [0.05, 0.1) is 10.2 Å². The number of fused-ring (bicyclic) bond motifs is 1. The van der Waals surface area contributed by atoms with E-state index in [9.17, 15) is 14.0 Å². The van der Waals surface area contributed by atoms with Crippen LogP contribution < -0.4 is 10.6 Å². The van der Waals surface area contributed by atoms with Crippen molar-refractivity contribution in [2.75, 3.05) is 5.32 Å². The molecule has 3 aromatic rings. The predicted octanol–water partition coefficient (Wildman–Crippen LogP) is 4.14. The number of nitrogens with zero attached hydrogens (tertiary/aromatic N) is 1. The van der Waals surface area contributed by atoms with E-state index in [1.165, 1.54) is 23.5 Å². The van der Waals surface area contributed by atoms with Crippen LogP contribution in [0.25, 0.3) is 10.2 Å². The van der Waals surface area contributed by atoms with Crippen molar-refractivity contribution < 1.29 is 14.0 Å². The van der Waals surface area contributed by atoms with Crippen LogP contribution in [0.15, 0.2) is 42.5 Å². The lowest BCUT2D eigenvalue weighted by molar-refractivity contribution is -0.118. The second-order valence-corrected chi connectivity index (χ2v) is 7.72. The molecular formula is C20H20FN3O2S. The molecule has 2 amide bonds. The summed E-state index contributed by atoms with van der Waals surface area (Å²) in [5.41, 5.74) is 2.08. The first-order valence-corrected chi connectivity index (χ1v) is 9.39. The quantitative estimate of drug-likeness (QED) is 0.693. The highest BCUT2D eigenvalue weighted by molar-refractivity contribution is 7.22. The van der Waals surface area contributed by atoms with E-state index in [-0.39, 0.29) is 23.5 Å². The smallest absolute Gasteiger partial charge is 0.251 e. The van der Waals surface area contributed by atoms with Crippen molar-refractivity contribution in [2.24, 2.45) is 5.92 Å². The standard InChI is InChI=1S/C20H20FN3O2S/c1-11(2)17(23-18(25)13-6-4-5-12(3)9-13)19(26)24-20-22-15-8-7-14(21)10-16(15)27-20/h4-11,17H,1-3H3,(H,23,25)(H,22,24,26). The van der Waals surface area contributed by atoms with Gasteiger partial charge in [0.15, 0.2) is 5.13 Å². The van der Waals surface area contributed by atoms with Crippen LogP contribution in [0.5, 0.6) is 0 Å². The third kappa shape index (κ3) is 4.49. The van der Waals surface area contributed by atoms with Gasteiger partial charge in [-0.1, -0.05) is 42.9 Å². The van der Waals surface area contributed by atoms with E-state index in [2.05, 4.69) is 15.6 Å². The van der Waals surface area contributed by atoms with Gasteiger partial charge in [0.25, 0.3) is 5.91 Å². The van der Waals surface area contributed by atoms with Gasteiger partial charge in [-0.15, -0.1) is 0 Å². The number of amides is 2. The molecule has 1 aromatic heterocycles. The lowest BCUT2D eigenvalue weighted by Crippen LogP contribution is -2.47. The first-order chi connectivity index (χ1) is 12.8. The Morgan fingerprint density at radius 1 is 1.15 bits per heavy atom. The normalized spacial score (nSPS) is 12.2. The van der Waals surface area contributed by atoms with Crippen LogP contribution in [0.2, 0.25) is 0 Å². The van der Waals surface area contributed by atoms with Crippen LogP contribution in [0.1, 0.15) is 29.8 Å². The minimum Gasteiger partial charge on any atom is -0.340 e. The largest absolute Gasteiger partial charge is 0.340 e. The van der Waals surface area contributed by atoms with E-state index in [1.54, 1.807) is 24.3 Å². The molecule has 0 aliphatic carbocycles. The number of benzene rings is 2. The van der Waals surface area contributed by atoms with E-state index < -0.39 is 6.04 Å². The van der Waals surface area contributed by atoms with E-state index in [1.807, 2.05) is 26.8 Å². The van der Waals surface area contributed by atoms with E-state index >= 15 is 0 Å². The molecule has 27 heavy (non-hydrogen) atoms. The fourth-order valence-electron chi connectivity index (χ4n) is 2.68. The molecule has 140 valence electrons. The van der Waals surface area contributed by atoms with E-state index in [0.717, 1.165) is 5.56 Å². The van der Waals surface area contributed by atoms with Crippen LogP contribution in [0, 0.1) is 18.7 Å². The molecule has 1 atom stereocenters. The summed E-state index contributed by atoms with van der Waals surface area (Å²) >= 11 is 1.19. The average molecular weight is 385 g/mol. The van der Waals surface area contributed by atoms with Crippen LogP contribution in [-0.4, -0.2) is 22.8 Å². The Bertz CT molecular complexity index is 1000. The average Bonchev–Trinajstić information content (AvgIpc) is 3.00. The predicted molar refractivity (Wildman–Crippen MR) is 105 cm³/mol. The minimum atomic E-state index is -0.721. The molecule has 0 aliphatic rings. The first kappa shape index (κ1) is 19.0. The number of carbonyl (C=O) groups excluding carboxylic acids is 2. The van der Waals surface area contributed by atoms with Gasteiger partial charge in [0, 0.05) is 5.56 Å². The van der Waals surface area contributed by atoms with Crippen LogP contribution >= 0.6 is 11.3 Å². The van der Waals surface area contributed by atoms with Crippen molar-refractivity contribution in [3.63, 3.8) is 0 Å². The number of hydrogen-bond donors (Lipinski definition) is 2. The van der Waals surface area contributed by atoms with E-state index in [0.29, 0.717) is 20.9 Å². The summed E-state index contributed by atoms with van der Waals surface area (Å²) in [7, 11) is 0. The van der Waals surface area contributed by atoms with Crippen molar-refractivity contribution in [1.82, 2.24) is 10.3 Å². The van der Waals surface area contributed by atoms with E-state index in [4.69, 9.17) is 0 Å². The van der Waals surface area contributed by atoms with Gasteiger partial charge in [-0.3, -0.25) is 9.59 Å². The molecule has 3 rings (SSSR count). The maximum Gasteiger partial charge on any atom is 0.251 e. The Morgan fingerprint density at radius 2 is 1.93 bits per heavy atom. The maximum atomic E-state index is 13.3. The molecule has 2 N–H and O–H groups in total. The monoisotopic (exact) mass is 385 g/mol. The Labute approximate surface area is 160 Å². The third-order valence-corrected chi connectivity index (χ3v) is 5.03. The number of anilines is 1. The number of thiazole rings is 1. The third-order valence-electron chi connectivity index (χ3n) is 4.10. The zero-order valence-corrected chi connectivity index (χ0v) is 16.1. The fourth-order valence-corrected chi connectivity index (χ4v) is 3.57. The molecule has 0 aliphatic heterocycles. The summed E-state index contributed by atoms with van der Waals surface area (Å²) in [6.45, 7) is 5.61. The molecule has 7 heteroatoms. The fraction of sp³-hybridized carbons (Fsp3) is 0.250. The highest BCUT2D eigenvalue weighted by Gasteiger charge is 2.25. The number of carbonyl (C=O) groups is 2. The molecule has 0 saturated heterocycles. The number of hydrogen-bond acceptors (Lipinski definition) is 4. The number of nitrogens with one attached hydrogen (secondary N) is 2. The summed E-state index contributed by atoms with van der Waals surface area (Å²) < 4.78 is 14.0. The lowest BCUT2D eigenvalue weighted by atomic mass is 10.0. The molecular weight excluding hydrogens is 365 g/mol. The first-order valence-electron chi connectivity index (χ1n) is 8.58. The van der Waals surface area contributed by atoms with Gasteiger partial charge in [0.1, 0.15) is 11.9 Å². The number of halogens is 1. The Kier molecular flexibility index (Phi) is 5.51. The van der Waals surface area contributed by atoms with Crippen molar-refractivity contribution in [2.45, 2.75) is 26.8 Å². The summed E-state index contributed by atoms with van der Waals surface area (Å²) in [6.07, 6.45) is 0. The zero-order valence-electron chi connectivity index (χ0n) is 15.2. The summed E-state index contributed by atoms with van der Waals surface area (Å²) in [6, 6.07) is 10.7. The van der Waals surface area contributed by atoms with Crippen LogP contribution in [-0.2, 0) is 4.79 Å². The van der Waals surface area contributed by atoms with Gasteiger partial charge in [0.2, 0.25) is 5.91 Å². The number of aromatic nitrogens is 1. The van der Waals surface area contributed by atoms with Crippen LogP contribution in [0.3, 0.4) is 0 Å². The molecule has 0 bridgehead atoms. The molecule has 1 heterocycles.